The highest BCUT2D eigenvalue weighted by atomic mass is 35.5. The van der Waals surface area contributed by atoms with E-state index in [4.69, 9.17) is 11.6 Å². The second-order valence-corrected chi connectivity index (χ2v) is 3.22. The molecular formula is C8H6ClN5O2. The van der Waals surface area contributed by atoms with E-state index in [1.165, 1.54) is 17.0 Å². The van der Waals surface area contributed by atoms with E-state index in [0.29, 0.717) is 10.8 Å². The Kier molecular flexibility index (Phi) is 2.69. The molecule has 0 aliphatic carbocycles. The van der Waals surface area contributed by atoms with E-state index in [-0.39, 0.29) is 5.62 Å². The van der Waals surface area contributed by atoms with Crippen LogP contribution in [0, 0.1) is 10.1 Å². The molecule has 0 aliphatic heterocycles. The molecule has 2 heterocycles. The molecule has 2 aromatic heterocycles. The first kappa shape index (κ1) is 10.4. The number of aromatic nitrogens is 3. The zero-order valence-electron chi connectivity index (χ0n) is 7.87. The first-order valence-electron chi connectivity index (χ1n) is 4.24. The van der Waals surface area contributed by atoms with Crippen LogP contribution in [0.3, 0.4) is 0 Å². The standard InChI is InChI=1S/C8H6ClN5O2/c9-7-2-1-6(5-11-7)13-4-3-10-8(13)12-14(15)16/h1-5H,(H,10,12). The minimum absolute atomic E-state index is 0.106. The van der Waals surface area contributed by atoms with E-state index in [2.05, 4.69) is 15.1 Å². The van der Waals surface area contributed by atoms with Crippen molar-refractivity contribution in [1.29, 1.82) is 0 Å². The predicted octanol–water partition coefficient (Wildman–Crippen LogP) is 0.946. The maximum Gasteiger partial charge on any atom is 0.284 e. The molecule has 8 heteroatoms. The van der Waals surface area contributed by atoms with Gasteiger partial charge in [0.15, 0.2) is 5.03 Å². The lowest BCUT2D eigenvalue weighted by atomic mass is 10.4. The van der Waals surface area contributed by atoms with Gasteiger partial charge in [-0.25, -0.2) is 15.1 Å². The number of hydrogen-bond acceptors (Lipinski definition) is 3. The second kappa shape index (κ2) is 4.15. The van der Waals surface area contributed by atoms with Gasteiger partial charge in [-0.15, -0.1) is 0 Å². The van der Waals surface area contributed by atoms with Crippen LogP contribution < -0.4 is 5.62 Å². The fraction of sp³-hybridized carbons (Fsp3) is 0. The highest BCUT2D eigenvalue weighted by Gasteiger charge is 2.02. The second-order valence-electron chi connectivity index (χ2n) is 2.83. The van der Waals surface area contributed by atoms with Crippen molar-refractivity contribution in [3.8, 4) is 5.69 Å². The molecule has 16 heavy (non-hydrogen) atoms. The Morgan fingerprint density at radius 3 is 3.00 bits per heavy atom. The van der Waals surface area contributed by atoms with Gasteiger partial charge in [-0.1, -0.05) is 11.6 Å². The number of halogens is 1. The van der Waals surface area contributed by atoms with E-state index < -0.39 is 5.03 Å². The van der Waals surface area contributed by atoms with Crippen LogP contribution in [0.15, 0.2) is 35.8 Å². The number of aromatic amines is 1. The molecule has 0 atom stereocenters. The lowest BCUT2D eigenvalue weighted by Gasteiger charge is -1.99. The van der Waals surface area contributed by atoms with Gasteiger partial charge in [0.1, 0.15) is 10.3 Å². The lowest BCUT2D eigenvalue weighted by molar-refractivity contribution is -0.491. The summed E-state index contributed by atoms with van der Waals surface area (Å²) >= 11 is 5.64. The van der Waals surface area contributed by atoms with Gasteiger partial charge in [-0.3, -0.25) is 4.57 Å². The van der Waals surface area contributed by atoms with E-state index in [9.17, 15) is 10.1 Å². The molecule has 0 aliphatic rings. The average Bonchev–Trinajstić information content (AvgIpc) is 2.66. The molecule has 2 rings (SSSR count). The highest BCUT2D eigenvalue weighted by Crippen LogP contribution is 2.07. The Bertz CT molecular complexity index is 571. The maximum absolute atomic E-state index is 10.3. The Balaban J connectivity index is 2.53. The zero-order chi connectivity index (χ0) is 11.5. The van der Waals surface area contributed by atoms with Crippen molar-refractivity contribution in [3.05, 3.63) is 51.6 Å². The highest BCUT2D eigenvalue weighted by molar-refractivity contribution is 6.29. The first-order valence-corrected chi connectivity index (χ1v) is 4.61. The number of pyridine rings is 1. The van der Waals surface area contributed by atoms with Gasteiger partial charge in [0.25, 0.3) is 5.62 Å². The summed E-state index contributed by atoms with van der Waals surface area (Å²) in [6.45, 7) is 0. The number of H-pyrrole nitrogens is 1. The van der Waals surface area contributed by atoms with Crippen molar-refractivity contribution in [2.24, 2.45) is 5.10 Å². The minimum Gasteiger partial charge on any atom is -0.325 e. The monoisotopic (exact) mass is 239 g/mol. The number of nitrogens with zero attached hydrogens (tertiary/aromatic N) is 4. The predicted molar refractivity (Wildman–Crippen MR) is 55.5 cm³/mol. The number of nitro groups is 1. The molecule has 1 N–H and O–H groups in total. The van der Waals surface area contributed by atoms with Gasteiger partial charge in [-0.05, 0) is 12.1 Å². The summed E-state index contributed by atoms with van der Waals surface area (Å²) in [4.78, 5) is 16.8. The number of hydrogen-bond donors (Lipinski definition) is 1. The third kappa shape index (κ3) is 2.09. The van der Waals surface area contributed by atoms with Crippen molar-refractivity contribution in [2.75, 3.05) is 0 Å². The van der Waals surface area contributed by atoms with Gasteiger partial charge < -0.3 is 4.98 Å². The van der Waals surface area contributed by atoms with Crippen molar-refractivity contribution < 1.29 is 5.03 Å². The van der Waals surface area contributed by atoms with Crippen LogP contribution in [0.2, 0.25) is 5.15 Å². The molecule has 0 unspecified atom stereocenters. The average molecular weight is 240 g/mol. The zero-order valence-corrected chi connectivity index (χ0v) is 8.63. The summed E-state index contributed by atoms with van der Waals surface area (Å²) < 4.78 is 1.49. The minimum atomic E-state index is -0.772. The Hall–Kier alpha value is -2.15. The molecule has 2 aromatic rings. The van der Waals surface area contributed by atoms with Gasteiger partial charge >= 0.3 is 0 Å². The van der Waals surface area contributed by atoms with Crippen LogP contribution in [-0.4, -0.2) is 19.6 Å². The normalized spacial score (nSPS) is 11.7. The van der Waals surface area contributed by atoms with Crippen LogP contribution in [0.5, 0.6) is 0 Å². The molecule has 82 valence electrons. The quantitative estimate of drug-likeness (QED) is 0.481. The largest absolute Gasteiger partial charge is 0.325 e. The van der Waals surface area contributed by atoms with Crippen LogP contribution in [0.4, 0.5) is 0 Å². The maximum atomic E-state index is 10.3. The van der Waals surface area contributed by atoms with Gasteiger partial charge in [0, 0.05) is 12.4 Å². The molecule has 0 radical (unpaired) electrons. The van der Waals surface area contributed by atoms with Crippen LogP contribution in [0.1, 0.15) is 0 Å². The molecule has 0 saturated heterocycles. The first-order chi connectivity index (χ1) is 7.66. The Morgan fingerprint density at radius 2 is 2.38 bits per heavy atom. The molecule has 0 aromatic carbocycles. The van der Waals surface area contributed by atoms with E-state index in [1.54, 1.807) is 18.3 Å². The fourth-order valence-electron chi connectivity index (χ4n) is 1.20. The summed E-state index contributed by atoms with van der Waals surface area (Å²) in [5.41, 5.74) is 0.736. The lowest BCUT2D eigenvalue weighted by Crippen LogP contribution is -2.18. The van der Waals surface area contributed by atoms with Crippen LogP contribution in [0.25, 0.3) is 5.69 Å². The third-order valence-corrected chi connectivity index (χ3v) is 2.05. The van der Waals surface area contributed by atoms with Crippen molar-refractivity contribution in [3.63, 3.8) is 0 Å². The van der Waals surface area contributed by atoms with Crippen molar-refractivity contribution in [1.82, 2.24) is 14.5 Å². The third-order valence-electron chi connectivity index (χ3n) is 1.83. The smallest absolute Gasteiger partial charge is 0.284 e. The molecule has 7 nitrogen and oxygen atoms in total. The van der Waals surface area contributed by atoms with Crippen molar-refractivity contribution >= 4 is 11.6 Å². The number of nitrogens with one attached hydrogen (secondary N) is 1. The van der Waals surface area contributed by atoms with Gasteiger partial charge in [0.05, 0.1) is 11.9 Å². The van der Waals surface area contributed by atoms with Crippen LogP contribution in [-0.2, 0) is 0 Å². The van der Waals surface area contributed by atoms with Gasteiger partial charge in [0.2, 0.25) is 0 Å². The van der Waals surface area contributed by atoms with E-state index in [0.717, 1.165) is 0 Å². The molecule has 0 bridgehead atoms. The summed E-state index contributed by atoms with van der Waals surface area (Å²) in [7, 11) is 0. The summed E-state index contributed by atoms with van der Waals surface area (Å²) in [6.07, 6.45) is 4.64. The Morgan fingerprint density at radius 1 is 1.56 bits per heavy atom. The summed E-state index contributed by atoms with van der Waals surface area (Å²) in [5.74, 6) is 0. The topological polar surface area (TPSA) is 89.1 Å². The summed E-state index contributed by atoms with van der Waals surface area (Å²) in [5, 5.41) is 13.0. The number of imidazole rings is 1. The SMILES string of the molecule is O=[N+]([O-])/N=c1\[nH]ccn1-c1ccc(Cl)nc1. The van der Waals surface area contributed by atoms with Crippen LogP contribution >= 0.6 is 11.6 Å². The molecule has 0 spiro atoms. The Labute approximate surface area is 94.2 Å². The van der Waals surface area contributed by atoms with Gasteiger partial charge in [-0.2, -0.15) is 0 Å². The van der Waals surface area contributed by atoms with E-state index in [1.807, 2.05) is 0 Å². The summed E-state index contributed by atoms with van der Waals surface area (Å²) in [6, 6.07) is 3.27. The molecular weight excluding hydrogens is 234 g/mol. The van der Waals surface area contributed by atoms with E-state index >= 15 is 0 Å². The molecule has 0 fully saturated rings. The molecule has 0 amide bonds. The number of rotatable bonds is 2. The molecule has 0 saturated carbocycles. The fourth-order valence-corrected chi connectivity index (χ4v) is 1.31. The van der Waals surface area contributed by atoms with Crippen molar-refractivity contribution in [2.45, 2.75) is 0 Å².